The minimum atomic E-state index is 0.889. The molecule has 10 aromatic carbocycles. The fraction of sp³-hybridized carbons (Fsp3) is 0. The number of para-hydroxylation sites is 3. The Morgan fingerprint density at radius 1 is 0.333 bits per heavy atom. The second-order valence-electron chi connectivity index (χ2n) is 16.0. The van der Waals surface area contributed by atoms with E-state index < -0.39 is 0 Å². The van der Waals surface area contributed by atoms with Crippen LogP contribution in [0.3, 0.4) is 0 Å². The molecule has 63 heavy (non-hydrogen) atoms. The van der Waals surface area contributed by atoms with E-state index in [1.54, 1.807) is 0 Å². The van der Waals surface area contributed by atoms with Crippen molar-refractivity contribution in [2.24, 2.45) is 0 Å². The summed E-state index contributed by atoms with van der Waals surface area (Å²) in [6.45, 7) is 0. The molecule has 0 fully saturated rings. The van der Waals surface area contributed by atoms with Crippen LogP contribution in [0.15, 0.2) is 247 Å². The molecule has 0 atom stereocenters. The van der Waals surface area contributed by atoms with Gasteiger partial charge in [0.25, 0.3) is 0 Å². The van der Waals surface area contributed by atoms with Crippen molar-refractivity contribution < 1.29 is 4.42 Å². The number of hydrogen-bond acceptors (Lipinski definition) is 2. The van der Waals surface area contributed by atoms with Gasteiger partial charge in [-0.2, -0.15) is 0 Å². The van der Waals surface area contributed by atoms with Crippen LogP contribution in [0.1, 0.15) is 0 Å². The van der Waals surface area contributed by atoms with Crippen LogP contribution in [-0.4, -0.2) is 4.57 Å². The predicted octanol–water partition coefficient (Wildman–Crippen LogP) is 16.8. The molecule has 0 amide bonds. The van der Waals surface area contributed by atoms with Crippen LogP contribution in [0.5, 0.6) is 0 Å². The monoisotopic (exact) mass is 804 g/mol. The van der Waals surface area contributed by atoms with Crippen molar-refractivity contribution >= 4 is 60.8 Å². The van der Waals surface area contributed by atoms with Crippen LogP contribution in [0.4, 0.5) is 17.1 Å². The number of nitrogens with zero attached hydrogens (tertiary/aromatic N) is 2. The fourth-order valence-corrected chi connectivity index (χ4v) is 9.60. The molecule has 3 nitrogen and oxygen atoms in total. The van der Waals surface area contributed by atoms with Gasteiger partial charge in [0.05, 0.1) is 22.4 Å². The third kappa shape index (κ3) is 6.21. The Bertz CT molecular complexity index is 3600. The summed E-state index contributed by atoms with van der Waals surface area (Å²) >= 11 is 0. The molecule has 12 rings (SSSR count). The van der Waals surface area contributed by atoms with Crippen LogP contribution >= 0.6 is 0 Å². The second-order valence-corrected chi connectivity index (χ2v) is 16.0. The van der Waals surface area contributed by atoms with Crippen molar-refractivity contribution in [1.82, 2.24) is 4.57 Å². The van der Waals surface area contributed by atoms with Crippen molar-refractivity contribution in [3.63, 3.8) is 0 Å². The highest BCUT2D eigenvalue weighted by Crippen LogP contribution is 2.50. The Hall–Kier alpha value is -8.40. The molecule has 0 bridgehead atoms. The summed E-state index contributed by atoms with van der Waals surface area (Å²) in [4.78, 5) is 2.49. The molecule has 296 valence electrons. The first-order chi connectivity index (χ1) is 31.3. The highest BCUT2D eigenvalue weighted by atomic mass is 16.3. The first-order valence-electron chi connectivity index (χ1n) is 21.5. The molecule has 0 N–H and O–H groups in total. The number of fused-ring (bicyclic) bond motifs is 6. The van der Waals surface area contributed by atoms with Crippen LogP contribution in [0.2, 0.25) is 0 Å². The molecule has 3 heteroatoms. The molecule has 0 aliphatic rings. The van der Waals surface area contributed by atoms with Crippen molar-refractivity contribution in [2.45, 2.75) is 0 Å². The molecule has 0 aliphatic carbocycles. The molecule has 2 heterocycles. The van der Waals surface area contributed by atoms with Gasteiger partial charge in [-0.05, 0) is 106 Å². The van der Waals surface area contributed by atoms with Gasteiger partial charge < -0.3 is 13.9 Å². The average Bonchev–Trinajstić information content (AvgIpc) is 3.91. The highest BCUT2D eigenvalue weighted by molar-refractivity contribution is 6.17. The lowest BCUT2D eigenvalue weighted by molar-refractivity contribution is 0.669. The van der Waals surface area contributed by atoms with Gasteiger partial charge in [-0.1, -0.05) is 176 Å². The molecule has 0 unspecified atom stereocenters. The summed E-state index contributed by atoms with van der Waals surface area (Å²) in [6, 6.07) is 87.3. The number of hydrogen-bond donors (Lipinski definition) is 0. The van der Waals surface area contributed by atoms with Crippen LogP contribution in [0.25, 0.3) is 93.9 Å². The molecular formula is C60H40N2O. The fourth-order valence-electron chi connectivity index (χ4n) is 9.60. The minimum absolute atomic E-state index is 0.889. The predicted molar refractivity (Wildman–Crippen MR) is 264 cm³/mol. The van der Waals surface area contributed by atoms with E-state index in [0.717, 1.165) is 89.1 Å². The SMILES string of the molecule is c1ccc(-c2ccccc2-c2c(-c3ccccc3)cccc2N(c2ccc(-c3ccc4c(c3)oc3ccccc34)cc2)c2cccc3c2c2ccccc2n3-c2ccccc2)cc1. The first-order valence-corrected chi connectivity index (χ1v) is 21.5. The average molecular weight is 805 g/mol. The first kappa shape index (κ1) is 36.5. The standard InChI is InChI=1S/C60H40N2O/c1-4-18-42(19-5-1)47-24-10-11-26-51(47)59-48(43-20-6-2-7-21-43)28-16-30-54(59)62(46-37-34-41(35-38-46)44-36-39-50-49-25-13-15-33-57(49)63-58(50)40-44)56-32-17-31-55-60(56)52-27-12-14-29-53(52)61(55)45-22-8-3-9-23-45/h1-40H. The van der Waals surface area contributed by atoms with E-state index in [1.165, 1.54) is 21.9 Å². The largest absolute Gasteiger partial charge is 0.456 e. The van der Waals surface area contributed by atoms with Crippen molar-refractivity contribution in [1.29, 1.82) is 0 Å². The van der Waals surface area contributed by atoms with Crippen molar-refractivity contribution in [3.8, 4) is 50.2 Å². The maximum Gasteiger partial charge on any atom is 0.136 e. The third-order valence-corrected chi connectivity index (χ3v) is 12.4. The van der Waals surface area contributed by atoms with E-state index in [-0.39, 0.29) is 0 Å². The maximum atomic E-state index is 6.34. The third-order valence-electron chi connectivity index (χ3n) is 12.4. The lowest BCUT2D eigenvalue weighted by atomic mass is 9.87. The Morgan fingerprint density at radius 2 is 0.889 bits per heavy atom. The van der Waals surface area contributed by atoms with Gasteiger partial charge in [-0.25, -0.2) is 0 Å². The quantitative estimate of drug-likeness (QED) is 0.153. The second kappa shape index (κ2) is 15.3. The van der Waals surface area contributed by atoms with Gasteiger partial charge >= 0.3 is 0 Å². The minimum Gasteiger partial charge on any atom is -0.456 e. The zero-order valence-electron chi connectivity index (χ0n) is 34.4. The van der Waals surface area contributed by atoms with Crippen molar-refractivity contribution in [3.05, 3.63) is 243 Å². The Labute approximate surface area is 366 Å². The molecule has 0 spiro atoms. The normalized spacial score (nSPS) is 11.5. The highest BCUT2D eigenvalue weighted by Gasteiger charge is 2.26. The molecule has 0 aliphatic heterocycles. The molecule has 12 aromatic rings. The maximum absolute atomic E-state index is 6.34. The van der Waals surface area contributed by atoms with Gasteiger partial charge in [0.1, 0.15) is 11.2 Å². The summed E-state index contributed by atoms with van der Waals surface area (Å²) in [5, 5.41) is 4.64. The summed E-state index contributed by atoms with van der Waals surface area (Å²) in [5.41, 5.74) is 17.7. The molecule has 0 saturated carbocycles. The van der Waals surface area contributed by atoms with E-state index in [9.17, 15) is 0 Å². The Kier molecular flexibility index (Phi) is 8.83. The number of anilines is 3. The van der Waals surface area contributed by atoms with Gasteiger partial charge in [-0.3, -0.25) is 0 Å². The van der Waals surface area contributed by atoms with Gasteiger partial charge in [-0.15, -0.1) is 0 Å². The zero-order chi connectivity index (χ0) is 41.7. The smallest absolute Gasteiger partial charge is 0.136 e. The lowest BCUT2D eigenvalue weighted by Gasteiger charge is -2.30. The van der Waals surface area contributed by atoms with E-state index >= 15 is 0 Å². The Balaban J connectivity index is 1.14. The number of rotatable bonds is 8. The topological polar surface area (TPSA) is 21.3 Å². The molecule has 0 saturated heterocycles. The van der Waals surface area contributed by atoms with Crippen molar-refractivity contribution in [2.75, 3.05) is 4.90 Å². The lowest BCUT2D eigenvalue weighted by Crippen LogP contribution is -2.12. The van der Waals surface area contributed by atoms with E-state index in [1.807, 2.05) is 12.1 Å². The Morgan fingerprint density at radius 3 is 1.67 bits per heavy atom. The van der Waals surface area contributed by atoms with Crippen LogP contribution < -0.4 is 4.90 Å². The molecule has 0 radical (unpaired) electrons. The molecule has 2 aromatic heterocycles. The van der Waals surface area contributed by atoms with Gasteiger partial charge in [0, 0.05) is 38.5 Å². The number of aromatic nitrogens is 1. The van der Waals surface area contributed by atoms with E-state index in [0.29, 0.717) is 0 Å². The van der Waals surface area contributed by atoms with E-state index in [4.69, 9.17) is 4.42 Å². The van der Waals surface area contributed by atoms with E-state index in [2.05, 4.69) is 240 Å². The van der Waals surface area contributed by atoms with Crippen LogP contribution in [0, 0.1) is 0 Å². The summed E-state index contributed by atoms with van der Waals surface area (Å²) in [6.07, 6.45) is 0. The van der Waals surface area contributed by atoms with Gasteiger partial charge in [0.2, 0.25) is 0 Å². The van der Waals surface area contributed by atoms with Crippen LogP contribution in [-0.2, 0) is 0 Å². The number of benzene rings is 10. The molecular weight excluding hydrogens is 765 g/mol. The zero-order valence-corrected chi connectivity index (χ0v) is 34.4. The summed E-state index contributed by atoms with van der Waals surface area (Å²) in [5.74, 6) is 0. The number of furan rings is 1. The van der Waals surface area contributed by atoms with Gasteiger partial charge in [0.15, 0.2) is 0 Å². The summed E-state index contributed by atoms with van der Waals surface area (Å²) < 4.78 is 8.73. The summed E-state index contributed by atoms with van der Waals surface area (Å²) in [7, 11) is 0.